The number of nitrogens with one attached hydrogen (secondary N) is 2. The van der Waals surface area contributed by atoms with Gasteiger partial charge in [-0.1, -0.05) is 121 Å². The summed E-state index contributed by atoms with van der Waals surface area (Å²) in [6, 6.07) is 46.2. The Morgan fingerprint density at radius 1 is 0.632 bits per heavy atom. The number of benzene rings is 5. The molecule has 0 aromatic heterocycles. The van der Waals surface area contributed by atoms with Gasteiger partial charge in [-0.05, 0) is 107 Å². The average Bonchev–Trinajstić information content (AvgIpc) is 3.23. The van der Waals surface area contributed by atoms with Crippen LogP contribution in [0.25, 0.3) is 11.1 Å². The van der Waals surface area contributed by atoms with Crippen LogP contribution in [0, 0.1) is 17.8 Å². The maximum atomic E-state index is 13.2. The highest BCUT2D eigenvalue weighted by Crippen LogP contribution is 2.55. The van der Waals surface area contributed by atoms with Gasteiger partial charge in [0.25, 0.3) is 0 Å². The number of carbonyl (C=O) groups is 1. The van der Waals surface area contributed by atoms with Crippen molar-refractivity contribution in [1.29, 1.82) is 0 Å². The summed E-state index contributed by atoms with van der Waals surface area (Å²) in [7, 11) is 0. The van der Waals surface area contributed by atoms with E-state index >= 15 is 0 Å². The third kappa shape index (κ3) is 9.18. The molecule has 0 unspecified atom stereocenters. The number of nitrogens with zero attached hydrogens (tertiary/aromatic N) is 1. The van der Waals surface area contributed by atoms with Crippen LogP contribution in [0.5, 0.6) is 0 Å². The zero-order valence-corrected chi connectivity index (χ0v) is 32.8. The van der Waals surface area contributed by atoms with Crippen LogP contribution in [0.2, 0.25) is 0 Å². The molecule has 3 N–H and O–H groups in total. The van der Waals surface area contributed by atoms with Gasteiger partial charge in [-0.3, -0.25) is 4.90 Å². The van der Waals surface area contributed by atoms with Gasteiger partial charge in [0.15, 0.2) is 6.29 Å². The van der Waals surface area contributed by atoms with Crippen molar-refractivity contribution in [1.82, 2.24) is 15.5 Å². The fraction of sp³-hybridized carbons (Fsp3) is 0.380. The SMILES string of the molecule is O=C(NCc1cccc(-c2cccc([C@H]3O[C@@H](CN(Cc4ccccc4)Cc4ccccc4)C[C@@H](c4ccc(CO)cc4)O3)c2)c1)NC12CC3CC(CC(C3)C1)C2. The van der Waals surface area contributed by atoms with Crippen molar-refractivity contribution >= 4 is 6.03 Å². The molecule has 10 rings (SSSR count). The highest BCUT2D eigenvalue weighted by molar-refractivity contribution is 5.75. The lowest BCUT2D eigenvalue weighted by molar-refractivity contribution is -0.253. The first kappa shape index (κ1) is 37.8. The molecule has 2 amide bonds. The summed E-state index contributed by atoms with van der Waals surface area (Å²) >= 11 is 0. The third-order valence-corrected chi connectivity index (χ3v) is 12.9. The molecule has 7 heteroatoms. The van der Waals surface area contributed by atoms with E-state index in [0.717, 1.165) is 90.0 Å². The normalized spacial score (nSPS) is 26.4. The van der Waals surface area contributed by atoms with Gasteiger partial charge < -0.3 is 25.2 Å². The smallest absolute Gasteiger partial charge is 0.315 e. The van der Waals surface area contributed by atoms with Gasteiger partial charge in [-0.15, -0.1) is 0 Å². The maximum Gasteiger partial charge on any atom is 0.315 e. The number of hydrogen-bond acceptors (Lipinski definition) is 5. The van der Waals surface area contributed by atoms with E-state index < -0.39 is 6.29 Å². The number of amides is 2. The van der Waals surface area contributed by atoms with E-state index in [2.05, 4.69) is 137 Å². The predicted molar refractivity (Wildman–Crippen MR) is 224 cm³/mol. The van der Waals surface area contributed by atoms with E-state index in [0.29, 0.717) is 13.0 Å². The van der Waals surface area contributed by atoms with Crippen LogP contribution in [0.4, 0.5) is 4.79 Å². The molecule has 0 radical (unpaired) electrons. The van der Waals surface area contributed by atoms with Gasteiger partial charge in [0.1, 0.15) is 0 Å². The Balaban J connectivity index is 0.915. The molecule has 1 heterocycles. The molecule has 1 saturated heterocycles. The van der Waals surface area contributed by atoms with Crippen molar-refractivity contribution in [2.45, 2.75) is 95.2 Å². The lowest BCUT2D eigenvalue weighted by atomic mass is 9.53. The van der Waals surface area contributed by atoms with E-state index in [1.54, 1.807) is 0 Å². The minimum Gasteiger partial charge on any atom is -0.392 e. The molecule has 5 aliphatic rings. The lowest BCUT2D eigenvalue weighted by Gasteiger charge is -2.56. The number of ether oxygens (including phenoxy) is 2. The van der Waals surface area contributed by atoms with Crippen molar-refractivity contribution in [3.05, 3.63) is 167 Å². The van der Waals surface area contributed by atoms with Crippen molar-refractivity contribution in [2.24, 2.45) is 17.8 Å². The quantitative estimate of drug-likeness (QED) is 0.111. The van der Waals surface area contributed by atoms with Crippen LogP contribution in [-0.2, 0) is 35.7 Å². The molecule has 57 heavy (non-hydrogen) atoms. The highest BCUT2D eigenvalue weighted by atomic mass is 16.7. The first-order valence-corrected chi connectivity index (χ1v) is 21.0. The summed E-state index contributed by atoms with van der Waals surface area (Å²) in [6.45, 7) is 2.83. The molecule has 294 valence electrons. The summed E-state index contributed by atoms with van der Waals surface area (Å²) in [4.78, 5) is 15.7. The summed E-state index contributed by atoms with van der Waals surface area (Å²) < 4.78 is 13.7. The van der Waals surface area contributed by atoms with Gasteiger partial charge in [-0.25, -0.2) is 4.79 Å². The summed E-state index contributed by atoms with van der Waals surface area (Å²) in [5.41, 5.74) is 8.66. The molecule has 7 nitrogen and oxygen atoms in total. The molecule has 5 aromatic rings. The van der Waals surface area contributed by atoms with Crippen molar-refractivity contribution in [3.8, 4) is 11.1 Å². The van der Waals surface area contributed by atoms with E-state index in [1.807, 2.05) is 12.1 Å². The Bertz CT molecular complexity index is 2030. The molecule has 5 fully saturated rings. The fourth-order valence-corrected chi connectivity index (χ4v) is 10.6. The summed E-state index contributed by atoms with van der Waals surface area (Å²) in [5, 5.41) is 16.4. The third-order valence-electron chi connectivity index (χ3n) is 12.9. The molecule has 4 aliphatic carbocycles. The van der Waals surface area contributed by atoms with Gasteiger partial charge in [0.2, 0.25) is 0 Å². The van der Waals surface area contributed by atoms with Crippen LogP contribution in [-0.4, -0.2) is 34.2 Å². The van der Waals surface area contributed by atoms with E-state index in [4.69, 9.17) is 9.47 Å². The van der Waals surface area contributed by atoms with Crippen LogP contribution >= 0.6 is 0 Å². The number of rotatable bonds is 13. The summed E-state index contributed by atoms with van der Waals surface area (Å²) in [5.74, 6) is 2.37. The van der Waals surface area contributed by atoms with Crippen molar-refractivity contribution in [2.75, 3.05) is 6.54 Å². The summed E-state index contributed by atoms with van der Waals surface area (Å²) in [6.07, 6.45) is 7.37. The minimum absolute atomic E-state index is 0.00660. The van der Waals surface area contributed by atoms with Gasteiger partial charge in [0.05, 0.1) is 18.8 Å². The predicted octanol–water partition coefficient (Wildman–Crippen LogP) is 9.86. The molecular weight excluding hydrogens is 707 g/mol. The number of carbonyl (C=O) groups excluding carboxylic acids is 1. The minimum atomic E-state index is -0.570. The van der Waals surface area contributed by atoms with E-state index in [-0.39, 0.29) is 30.4 Å². The van der Waals surface area contributed by atoms with Crippen molar-refractivity contribution in [3.63, 3.8) is 0 Å². The second-order valence-electron chi connectivity index (χ2n) is 17.3. The Labute approximate surface area is 337 Å². The van der Waals surface area contributed by atoms with E-state index in [1.165, 1.54) is 30.4 Å². The number of urea groups is 1. The van der Waals surface area contributed by atoms with Crippen LogP contribution in [0.15, 0.2) is 133 Å². The fourth-order valence-electron chi connectivity index (χ4n) is 10.6. The molecule has 3 atom stereocenters. The molecule has 1 aliphatic heterocycles. The molecule has 4 saturated carbocycles. The Hall–Kier alpha value is -4.79. The maximum absolute atomic E-state index is 13.2. The largest absolute Gasteiger partial charge is 0.392 e. The zero-order valence-electron chi connectivity index (χ0n) is 32.8. The van der Waals surface area contributed by atoms with Crippen molar-refractivity contribution < 1.29 is 19.4 Å². The first-order chi connectivity index (χ1) is 27.9. The molecule has 5 aromatic carbocycles. The topological polar surface area (TPSA) is 83.1 Å². The van der Waals surface area contributed by atoms with Gasteiger partial charge >= 0.3 is 6.03 Å². The van der Waals surface area contributed by atoms with Crippen LogP contribution in [0.3, 0.4) is 0 Å². The van der Waals surface area contributed by atoms with Crippen LogP contribution < -0.4 is 10.6 Å². The Kier molecular flexibility index (Phi) is 11.2. The van der Waals surface area contributed by atoms with E-state index in [9.17, 15) is 9.90 Å². The monoisotopic (exact) mass is 761 g/mol. The molecular formula is C50H55N3O4. The second kappa shape index (κ2) is 17.0. The van der Waals surface area contributed by atoms with Crippen LogP contribution in [0.1, 0.15) is 90.7 Å². The molecule has 0 spiro atoms. The Morgan fingerprint density at radius 3 is 1.86 bits per heavy atom. The highest BCUT2D eigenvalue weighted by Gasteiger charge is 2.51. The number of aliphatic hydroxyl groups excluding tert-OH is 1. The number of hydrogen-bond donors (Lipinski definition) is 3. The number of aliphatic hydroxyl groups is 1. The zero-order chi connectivity index (χ0) is 38.6. The van der Waals surface area contributed by atoms with Gasteiger partial charge in [-0.2, -0.15) is 0 Å². The second-order valence-corrected chi connectivity index (χ2v) is 17.3. The first-order valence-electron chi connectivity index (χ1n) is 21.0. The average molecular weight is 762 g/mol. The van der Waals surface area contributed by atoms with Gasteiger partial charge in [0, 0.05) is 43.7 Å². The molecule has 4 bridgehead atoms. The Morgan fingerprint density at radius 2 is 1.23 bits per heavy atom. The standard InChI is InChI=1S/C50H55N3O4/c54-34-37-17-19-42(20-18-37)47-26-46(33-53(31-35-9-3-1-4-10-35)32-36-11-5-2-6-12-36)56-48(57-47)45-16-8-15-44(25-45)43-14-7-13-38(24-43)30-51-49(55)52-50-27-39-21-40(28-50)23-41(22-39)29-50/h1-20,24-25,39-41,46-48,54H,21-23,26-34H2,(H2,51,52,55)/t39?,40?,41?,46-,47+,48+,50?/m1/s1. The lowest BCUT2D eigenvalue weighted by Crippen LogP contribution is -2.61.